The summed E-state index contributed by atoms with van der Waals surface area (Å²) in [6.07, 6.45) is 3.14. The summed E-state index contributed by atoms with van der Waals surface area (Å²) in [5.74, 6) is 2.31. The molecule has 31 heavy (non-hydrogen) atoms. The normalized spacial score (nSPS) is 11.7. The minimum atomic E-state index is 0. The molecule has 168 valence electrons. The zero-order valence-corrected chi connectivity index (χ0v) is 20.5. The van der Waals surface area contributed by atoms with E-state index in [0.717, 1.165) is 54.6 Å². The fourth-order valence-corrected chi connectivity index (χ4v) is 4.08. The highest BCUT2D eigenvalue weighted by molar-refractivity contribution is 6.32. The van der Waals surface area contributed by atoms with Crippen molar-refractivity contribution in [1.29, 1.82) is 0 Å². The van der Waals surface area contributed by atoms with E-state index in [0.29, 0.717) is 5.02 Å². The summed E-state index contributed by atoms with van der Waals surface area (Å²) >= 11 is 6.56. The van der Waals surface area contributed by atoms with Crippen molar-refractivity contribution in [2.75, 3.05) is 18.6 Å². The van der Waals surface area contributed by atoms with Gasteiger partial charge in [-0.1, -0.05) is 62.2 Å². The summed E-state index contributed by atoms with van der Waals surface area (Å²) in [7, 11) is 1.65. The number of ether oxygens (including phenoxy) is 1. The molecule has 5 nitrogen and oxygen atoms in total. The average Bonchev–Trinajstić information content (AvgIpc) is 3.13. The Kier molecular flexibility index (Phi) is 9.20. The summed E-state index contributed by atoms with van der Waals surface area (Å²) in [6.45, 7) is 9.26. The number of aryl methyl sites for hydroxylation is 2. The van der Waals surface area contributed by atoms with Crippen LogP contribution < -0.4 is 9.64 Å². The number of benzene rings is 2. The Morgan fingerprint density at radius 1 is 1.10 bits per heavy atom. The molecule has 1 aromatic heterocycles. The van der Waals surface area contributed by atoms with E-state index >= 15 is 0 Å². The Morgan fingerprint density at radius 3 is 2.42 bits per heavy atom. The van der Waals surface area contributed by atoms with Crippen LogP contribution >= 0.6 is 24.0 Å². The molecular formula is C24H32Cl2N4O. The molecule has 3 rings (SSSR count). The lowest BCUT2D eigenvalue weighted by atomic mass is 10.0. The van der Waals surface area contributed by atoms with Gasteiger partial charge in [-0.2, -0.15) is 4.98 Å². The van der Waals surface area contributed by atoms with Crippen LogP contribution in [0.25, 0.3) is 5.69 Å². The van der Waals surface area contributed by atoms with E-state index < -0.39 is 0 Å². The first-order valence-corrected chi connectivity index (χ1v) is 11.0. The molecule has 0 aliphatic carbocycles. The van der Waals surface area contributed by atoms with Gasteiger partial charge in [-0.05, 0) is 43.9 Å². The quantitative estimate of drug-likeness (QED) is 0.353. The number of aromatic nitrogens is 3. The van der Waals surface area contributed by atoms with Crippen molar-refractivity contribution in [3.05, 3.63) is 64.4 Å². The van der Waals surface area contributed by atoms with Crippen LogP contribution in [0, 0.1) is 13.8 Å². The second kappa shape index (κ2) is 11.4. The molecule has 0 fully saturated rings. The van der Waals surface area contributed by atoms with Gasteiger partial charge in [0.2, 0.25) is 5.95 Å². The third-order valence-electron chi connectivity index (χ3n) is 5.29. The summed E-state index contributed by atoms with van der Waals surface area (Å²) in [5, 5.41) is 5.48. The third-order valence-corrected chi connectivity index (χ3v) is 5.60. The van der Waals surface area contributed by atoms with Crippen LogP contribution in [0.5, 0.6) is 5.75 Å². The number of nitrogens with zero attached hydrogens (tertiary/aromatic N) is 4. The minimum Gasteiger partial charge on any atom is -0.496 e. The highest BCUT2D eigenvalue weighted by Gasteiger charge is 2.24. The maximum Gasteiger partial charge on any atom is 0.245 e. The Hall–Kier alpha value is -2.24. The molecule has 1 heterocycles. The maximum absolute atomic E-state index is 6.56. The van der Waals surface area contributed by atoms with Crippen molar-refractivity contribution in [3.8, 4) is 11.4 Å². The maximum atomic E-state index is 6.56. The zero-order valence-electron chi connectivity index (χ0n) is 18.9. The van der Waals surface area contributed by atoms with Crippen molar-refractivity contribution in [2.24, 2.45) is 0 Å². The highest BCUT2D eigenvalue weighted by atomic mass is 35.5. The monoisotopic (exact) mass is 462 g/mol. The first-order chi connectivity index (χ1) is 14.5. The predicted octanol–water partition coefficient (Wildman–Crippen LogP) is 6.73. The Morgan fingerprint density at radius 2 is 1.81 bits per heavy atom. The molecule has 0 N–H and O–H groups in total. The van der Waals surface area contributed by atoms with Crippen LogP contribution in [0.15, 0.2) is 42.5 Å². The van der Waals surface area contributed by atoms with E-state index in [-0.39, 0.29) is 18.4 Å². The van der Waals surface area contributed by atoms with Crippen LogP contribution in [0.3, 0.4) is 0 Å². The Labute approximate surface area is 196 Å². The van der Waals surface area contributed by atoms with Gasteiger partial charge in [0.25, 0.3) is 0 Å². The van der Waals surface area contributed by atoms with Gasteiger partial charge in [-0.25, -0.2) is 4.68 Å². The van der Waals surface area contributed by atoms with Gasteiger partial charge < -0.3 is 9.64 Å². The van der Waals surface area contributed by atoms with Gasteiger partial charge in [0.1, 0.15) is 11.6 Å². The summed E-state index contributed by atoms with van der Waals surface area (Å²) in [4.78, 5) is 7.16. The molecule has 0 bridgehead atoms. The average molecular weight is 463 g/mol. The van der Waals surface area contributed by atoms with Crippen molar-refractivity contribution in [3.63, 3.8) is 0 Å². The van der Waals surface area contributed by atoms with Gasteiger partial charge in [0.15, 0.2) is 0 Å². The van der Waals surface area contributed by atoms with Crippen LogP contribution in [-0.2, 0) is 0 Å². The number of rotatable bonds is 9. The molecular weight excluding hydrogens is 431 g/mol. The van der Waals surface area contributed by atoms with Crippen molar-refractivity contribution < 1.29 is 4.74 Å². The molecule has 0 spiro atoms. The van der Waals surface area contributed by atoms with Crippen LogP contribution in [0.4, 0.5) is 5.95 Å². The van der Waals surface area contributed by atoms with Gasteiger partial charge in [0, 0.05) is 12.6 Å². The number of halogens is 2. The summed E-state index contributed by atoms with van der Waals surface area (Å²) in [6, 6.07) is 14.7. The first kappa shape index (κ1) is 25.0. The summed E-state index contributed by atoms with van der Waals surface area (Å²) in [5.41, 5.74) is 3.11. The van der Waals surface area contributed by atoms with Crippen molar-refractivity contribution >= 4 is 30.0 Å². The standard InChI is InChI=1S/C24H31ClN4O.ClH/c1-6-11-21(19-12-9-8-10-13-19)28(14-7-2)24-26-18(4)29(27-24)22-15-17(3)23(30-5)16-20(22)25;/h8-10,12-13,15-16,21H,6-7,11,14H2,1-5H3;1H. The fraction of sp³-hybridized carbons (Fsp3) is 0.417. The molecule has 1 atom stereocenters. The van der Waals surface area contributed by atoms with Crippen molar-refractivity contribution in [2.45, 2.75) is 53.0 Å². The lowest BCUT2D eigenvalue weighted by molar-refractivity contribution is 0.411. The molecule has 7 heteroatoms. The van der Waals surface area contributed by atoms with E-state index in [2.05, 4.69) is 49.1 Å². The second-order valence-corrected chi connectivity index (χ2v) is 7.96. The predicted molar refractivity (Wildman–Crippen MR) is 131 cm³/mol. The van der Waals surface area contributed by atoms with Crippen molar-refractivity contribution in [1.82, 2.24) is 14.8 Å². The topological polar surface area (TPSA) is 43.2 Å². The number of hydrogen-bond donors (Lipinski definition) is 0. The minimum absolute atomic E-state index is 0. The first-order valence-electron chi connectivity index (χ1n) is 10.6. The molecule has 1 unspecified atom stereocenters. The summed E-state index contributed by atoms with van der Waals surface area (Å²) < 4.78 is 7.23. The molecule has 0 saturated carbocycles. The number of methoxy groups -OCH3 is 1. The van der Waals surface area contributed by atoms with E-state index in [1.165, 1.54) is 5.56 Å². The van der Waals surface area contributed by atoms with E-state index in [1.54, 1.807) is 7.11 Å². The lowest BCUT2D eigenvalue weighted by Crippen LogP contribution is -2.30. The van der Waals surface area contributed by atoms with E-state index in [1.807, 2.05) is 30.7 Å². The fourth-order valence-electron chi connectivity index (χ4n) is 3.84. The third kappa shape index (κ3) is 5.52. The molecule has 0 amide bonds. The van der Waals surface area contributed by atoms with Gasteiger partial charge in [-0.15, -0.1) is 17.5 Å². The molecule has 2 aromatic carbocycles. The Balaban J connectivity index is 0.00000341. The van der Waals surface area contributed by atoms with Gasteiger partial charge in [0.05, 0.1) is 23.9 Å². The largest absolute Gasteiger partial charge is 0.496 e. The highest BCUT2D eigenvalue weighted by Crippen LogP contribution is 2.32. The van der Waals surface area contributed by atoms with Crippen LogP contribution in [0.1, 0.15) is 56.1 Å². The Bertz CT molecular complexity index is 975. The molecule has 3 aromatic rings. The van der Waals surface area contributed by atoms with E-state index in [9.17, 15) is 0 Å². The van der Waals surface area contributed by atoms with Gasteiger partial charge in [-0.3, -0.25) is 0 Å². The molecule has 0 aliphatic heterocycles. The lowest BCUT2D eigenvalue weighted by Gasteiger charge is -2.31. The number of anilines is 1. The van der Waals surface area contributed by atoms with Crippen LogP contribution in [-0.4, -0.2) is 28.4 Å². The smallest absolute Gasteiger partial charge is 0.245 e. The van der Waals surface area contributed by atoms with Crippen LogP contribution in [0.2, 0.25) is 5.02 Å². The molecule has 0 radical (unpaired) electrons. The molecule has 0 saturated heterocycles. The number of hydrogen-bond acceptors (Lipinski definition) is 4. The molecule has 0 aliphatic rings. The van der Waals surface area contributed by atoms with Gasteiger partial charge >= 0.3 is 0 Å². The SMILES string of the molecule is CCCC(c1ccccc1)N(CCC)c1nc(C)n(-c2cc(C)c(OC)cc2Cl)n1.Cl. The zero-order chi connectivity index (χ0) is 21.7. The van der Waals surface area contributed by atoms with E-state index in [4.69, 9.17) is 26.4 Å². The second-order valence-electron chi connectivity index (χ2n) is 7.55.